The summed E-state index contributed by atoms with van der Waals surface area (Å²) in [5, 5.41) is 21.4. The second-order valence-electron chi connectivity index (χ2n) is 10.3. The summed E-state index contributed by atoms with van der Waals surface area (Å²) < 4.78 is 12.5. The minimum absolute atomic E-state index is 0.00642. The topological polar surface area (TPSA) is 93.1 Å². The minimum atomic E-state index is -1.29. The maximum atomic E-state index is 13.2. The highest BCUT2D eigenvalue weighted by atomic mass is 16.7. The van der Waals surface area contributed by atoms with E-state index < -0.39 is 41.5 Å². The number of carbonyl (C=O) groups is 2. The number of hydrogen-bond donors (Lipinski definition) is 2. The first-order valence-corrected chi connectivity index (χ1v) is 11.5. The second kappa shape index (κ2) is 6.95. The first-order chi connectivity index (χ1) is 14.7. The van der Waals surface area contributed by atoms with Crippen molar-refractivity contribution in [3.63, 3.8) is 0 Å². The molecule has 5 aliphatic rings. The fourth-order valence-electron chi connectivity index (χ4n) is 7.41. The van der Waals surface area contributed by atoms with E-state index in [0.29, 0.717) is 12.8 Å². The lowest BCUT2D eigenvalue weighted by Gasteiger charge is -2.58. The molecule has 3 fully saturated rings. The molecular weight excluding hydrogens is 396 g/mol. The molecule has 6 nitrogen and oxygen atoms in total. The van der Waals surface area contributed by atoms with Crippen LogP contribution in [-0.2, 0) is 19.1 Å². The quantitative estimate of drug-likeness (QED) is 0.669. The number of aliphatic hydroxyl groups is 2. The number of fused-ring (bicyclic) bond motifs is 7. The van der Waals surface area contributed by atoms with Crippen LogP contribution in [0.4, 0.5) is 0 Å². The van der Waals surface area contributed by atoms with Crippen LogP contribution in [0.25, 0.3) is 0 Å². The molecule has 0 radical (unpaired) electrons. The van der Waals surface area contributed by atoms with E-state index >= 15 is 0 Å². The number of ether oxygens (including phenoxy) is 2. The van der Waals surface area contributed by atoms with Crippen LogP contribution < -0.4 is 0 Å². The van der Waals surface area contributed by atoms with Crippen LogP contribution in [0, 0.1) is 22.7 Å². The summed E-state index contributed by atoms with van der Waals surface area (Å²) in [5.41, 5.74) is -0.240. The summed E-state index contributed by atoms with van der Waals surface area (Å²) in [5.74, 6) is -0.393. The Kier molecular flexibility index (Phi) is 4.76. The molecule has 2 saturated carbocycles. The van der Waals surface area contributed by atoms with E-state index in [-0.39, 0.29) is 23.4 Å². The third-order valence-corrected chi connectivity index (χ3v) is 8.77. The largest absolute Gasteiger partial charge is 0.393 e. The van der Waals surface area contributed by atoms with Crippen LogP contribution in [0.2, 0.25) is 0 Å². The van der Waals surface area contributed by atoms with Gasteiger partial charge in [0.1, 0.15) is 12.7 Å². The van der Waals surface area contributed by atoms with E-state index in [4.69, 9.17) is 9.47 Å². The molecule has 31 heavy (non-hydrogen) atoms. The highest BCUT2D eigenvalue weighted by Gasteiger charge is 2.72. The van der Waals surface area contributed by atoms with E-state index in [1.165, 1.54) is 0 Å². The Balaban J connectivity index is 1.59. The van der Waals surface area contributed by atoms with Crippen LogP contribution >= 0.6 is 0 Å². The summed E-state index contributed by atoms with van der Waals surface area (Å²) in [4.78, 5) is 25.2. The van der Waals surface area contributed by atoms with Gasteiger partial charge in [-0.3, -0.25) is 9.59 Å². The van der Waals surface area contributed by atoms with Crippen molar-refractivity contribution in [2.24, 2.45) is 22.7 Å². The lowest BCUT2D eigenvalue weighted by Crippen LogP contribution is -2.62. The molecule has 0 unspecified atom stereocenters. The highest BCUT2D eigenvalue weighted by molar-refractivity contribution is 6.01. The number of carbonyl (C=O) groups excluding carboxylic acids is 2. The van der Waals surface area contributed by atoms with Crippen molar-refractivity contribution < 1.29 is 29.3 Å². The molecule has 2 N–H and O–H groups in total. The number of ketones is 2. The van der Waals surface area contributed by atoms with E-state index in [1.807, 2.05) is 19.9 Å². The fraction of sp³-hybridized carbons (Fsp3) is 0.680. The molecule has 6 heteroatoms. The second-order valence-corrected chi connectivity index (χ2v) is 10.3. The number of allylic oxidation sites excluding steroid dienone is 4. The predicted molar refractivity (Wildman–Crippen MR) is 113 cm³/mol. The van der Waals surface area contributed by atoms with Gasteiger partial charge in [-0.2, -0.15) is 0 Å². The maximum absolute atomic E-state index is 13.2. The lowest BCUT2D eigenvalue weighted by atomic mass is 9.47. The lowest BCUT2D eigenvalue weighted by molar-refractivity contribution is -0.175. The summed E-state index contributed by atoms with van der Waals surface area (Å²) in [6, 6.07) is 0. The Morgan fingerprint density at radius 1 is 1.32 bits per heavy atom. The molecule has 5 rings (SSSR count). The van der Waals surface area contributed by atoms with Crippen molar-refractivity contribution in [1.29, 1.82) is 0 Å². The highest BCUT2D eigenvalue weighted by Crippen LogP contribution is 2.67. The molecule has 0 aromatic heterocycles. The van der Waals surface area contributed by atoms with E-state index in [1.54, 1.807) is 12.2 Å². The summed E-state index contributed by atoms with van der Waals surface area (Å²) in [7, 11) is 0. The van der Waals surface area contributed by atoms with E-state index in [2.05, 4.69) is 13.0 Å². The normalized spacial score (nSPS) is 47.8. The van der Waals surface area contributed by atoms with Gasteiger partial charge < -0.3 is 19.7 Å². The monoisotopic (exact) mass is 428 g/mol. The van der Waals surface area contributed by atoms with Gasteiger partial charge in [0, 0.05) is 16.7 Å². The molecule has 0 aromatic rings. The van der Waals surface area contributed by atoms with Crippen LogP contribution in [0.3, 0.4) is 0 Å². The Morgan fingerprint density at radius 3 is 2.81 bits per heavy atom. The van der Waals surface area contributed by atoms with Crippen molar-refractivity contribution in [2.45, 2.75) is 77.0 Å². The molecule has 1 aliphatic heterocycles. The molecule has 168 valence electrons. The maximum Gasteiger partial charge on any atom is 0.193 e. The Bertz CT molecular complexity index is 917. The molecular formula is C25H32O6. The Hall–Kier alpha value is -1.60. The van der Waals surface area contributed by atoms with Crippen molar-refractivity contribution in [3.05, 3.63) is 35.5 Å². The molecule has 1 saturated heterocycles. The third-order valence-electron chi connectivity index (χ3n) is 8.77. The van der Waals surface area contributed by atoms with Gasteiger partial charge in [-0.25, -0.2) is 0 Å². The van der Waals surface area contributed by atoms with E-state index in [0.717, 1.165) is 30.4 Å². The first-order valence-electron chi connectivity index (χ1n) is 11.5. The molecule has 0 aromatic carbocycles. The van der Waals surface area contributed by atoms with Gasteiger partial charge in [0.25, 0.3) is 0 Å². The Labute approximate surface area is 183 Å². The zero-order valence-corrected chi connectivity index (χ0v) is 18.5. The minimum Gasteiger partial charge on any atom is -0.393 e. The Morgan fingerprint density at radius 2 is 2.10 bits per heavy atom. The van der Waals surface area contributed by atoms with Gasteiger partial charge in [0.2, 0.25) is 0 Å². The summed E-state index contributed by atoms with van der Waals surface area (Å²) in [6.45, 7) is 5.53. The van der Waals surface area contributed by atoms with Crippen molar-refractivity contribution >= 4 is 11.6 Å². The van der Waals surface area contributed by atoms with Crippen LogP contribution in [0.5, 0.6) is 0 Å². The fourth-order valence-corrected chi connectivity index (χ4v) is 7.41. The smallest absolute Gasteiger partial charge is 0.193 e. The van der Waals surface area contributed by atoms with Crippen LogP contribution in [0.15, 0.2) is 35.5 Å². The summed E-state index contributed by atoms with van der Waals surface area (Å²) in [6.07, 6.45) is 9.13. The van der Waals surface area contributed by atoms with Gasteiger partial charge in [-0.1, -0.05) is 50.5 Å². The molecule has 8 atom stereocenters. The standard InChI is InChI=1S/C25H32O6/c1-4-5-21-30-20-11-17-16-7-6-14-10-15(27)8-9-23(14,2)22(16)18(28)12-24(17,3)25(20,31-21)19(29)13-26/h8-11,16,18,20-22,26,28H,4-7,12-13H2,1-3H3/t16-,18-,20+,21-,22+,23-,24-,25+/m0/s1. The number of Topliss-reactive ketones (excluding diaryl/α,β-unsaturated/α-hetero) is 1. The van der Waals surface area contributed by atoms with Gasteiger partial charge >= 0.3 is 0 Å². The zero-order valence-electron chi connectivity index (χ0n) is 18.5. The average molecular weight is 429 g/mol. The predicted octanol–water partition coefficient (Wildman–Crippen LogP) is 2.64. The molecule has 0 bridgehead atoms. The number of aliphatic hydroxyl groups excluding tert-OH is 2. The van der Waals surface area contributed by atoms with Crippen LogP contribution in [-0.4, -0.2) is 52.5 Å². The number of rotatable bonds is 4. The van der Waals surface area contributed by atoms with E-state index in [9.17, 15) is 19.8 Å². The number of hydrogen-bond acceptors (Lipinski definition) is 6. The van der Waals surface area contributed by atoms with Crippen molar-refractivity contribution in [1.82, 2.24) is 0 Å². The molecule has 4 aliphatic carbocycles. The van der Waals surface area contributed by atoms with Crippen molar-refractivity contribution in [2.75, 3.05) is 6.61 Å². The third kappa shape index (κ3) is 2.59. The van der Waals surface area contributed by atoms with Gasteiger partial charge in [0.15, 0.2) is 23.5 Å². The summed E-state index contributed by atoms with van der Waals surface area (Å²) >= 11 is 0. The van der Waals surface area contributed by atoms with Gasteiger partial charge in [0.05, 0.1) is 6.10 Å². The molecule has 1 heterocycles. The zero-order chi connectivity index (χ0) is 22.2. The first kappa shape index (κ1) is 21.3. The van der Waals surface area contributed by atoms with Gasteiger partial charge in [-0.05, 0) is 43.8 Å². The molecule has 0 spiro atoms. The van der Waals surface area contributed by atoms with Crippen LogP contribution in [0.1, 0.15) is 52.9 Å². The van der Waals surface area contributed by atoms with Gasteiger partial charge in [-0.15, -0.1) is 0 Å². The van der Waals surface area contributed by atoms with Crippen molar-refractivity contribution in [3.8, 4) is 0 Å². The average Bonchev–Trinajstić information content (AvgIpc) is 3.20. The SMILES string of the molecule is CCC[C@H]1O[C@@H]2C=C3[C@@H]4CCC5=CC(=O)C=C[C@]5(C)[C@H]4[C@@H](O)C[C@]3(C)[C@]2(C(=O)CO)O1. The molecule has 0 amide bonds.